The Balaban J connectivity index is 2.02. The molecule has 0 radical (unpaired) electrons. The molecule has 1 N–H and O–H groups in total. The summed E-state index contributed by atoms with van der Waals surface area (Å²) in [4.78, 5) is 8.01. The van der Waals surface area contributed by atoms with Gasteiger partial charge < -0.3 is 10.1 Å². The number of rotatable bonds is 4. The number of anilines is 1. The van der Waals surface area contributed by atoms with Crippen LogP contribution in [0.1, 0.15) is 5.69 Å². The van der Waals surface area contributed by atoms with Gasteiger partial charge in [-0.05, 0) is 6.07 Å². The van der Waals surface area contributed by atoms with Crippen molar-refractivity contribution in [3.05, 3.63) is 30.4 Å². The molecule has 6 nitrogen and oxygen atoms in total. The van der Waals surface area contributed by atoms with E-state index < -0.39 is 0 Å². The molecule has 0 aliphatic rings. The molecule has 0 saturated carbocycles. The zero-order chi connectivity index (χ0) is 11.4. The molecule has 2 heterocycles. The second kappa shape index (κ2) is 4.61. The maximum Gasteiger partial charge on any atom is 0.218 e. The van der Waals surface area contributed by atoms with Gasteiger partial charge in [0.15, 0.2) is 0 Å². The Kier molecular flexibility index (Phi) is 3.00. The molecule has 16 heavy (non-hydrogen) atoms. The molecule has 0 amide bonds. The van der Waals surface area contributed by atoms with E-state index in [2.05, 4.69) is 20.4 Å². The largest absolute Gasteiger partial charge is 0.481 e. The second-order valence-electron chi connectivity index (χ2n) is 3.25. The maximum absolute atomic E-state index is 5.01. The highest BCUT2D eigenvalue weighted by molar-refractivity contribution is 5.37. The third-order valence-electron chi connectivity index (χ3n) is 2.22. The molecule has 2 aromatic rings. The summed E-state index contributed by atoms with van der Waals surface area (Å²) in [5, 5.41) is 7.25. The fraction of sp³-hybridized carbons (Fsp3) is 0.300. The number of aryl methyl sites for hydroxylation is 1. The number of ether oxygens (including phenoxy) is 1. The predicted molar refractivity (Wildman–Crippen MR) is 59.1 cm³/mol. The maximum atomic E-state index is 5.01. The van der Waals surface area contributed by atoms with E-state index in [1.54, 1.807) is 19.4 Å². The van der Waals surface area contributed by atoms with Crippen molar-refractivity contribution < 1.29 is 4.74 Å². The smallest absolute Gasteiger partial charge is 0.218 e. The van der Waals surface area contributed by atoms with E-state index in [1.165, 1.54) is 6.33 Å². The number of aromatic nitrogens is 4. The fourth-order valence-electron chi connectivity index (χ4n) is 1.30. The first-order valence-electron chi connectivity index (χ1n) is 4.86. The summed E-state index contributed by atoms with van der Waals surface area (Å²) in [7, 11) is 3.48. The van der Waals surface area contributed by atoms with Crippen molar-refractivity contribution in [2.45, 2.75) is 6.54 Å². The minimum Gasteiger partial charge on any atom is -0.481 e. The summed E-state index contributed by atoms with van der Waals surface area (Å²) < 4.78 is 6.82. The molecule has 0 bridgehead atoms. The molecule has 84 valence electrons. The predicted octanol–water partition coefficient (Wildman–Crippen LogP) is 0.831. The topological polar surface area (TPSA) is 64.9 Å². The van der Waals surface area contributed by atoms with Gasteiger partial charge in [-0.25, -0.2) is 9.97 Å². The lowest BCUT2D eigenvalue weighted by Crippen LogP contribution is -2.06. The minimum atomic E-state index is 0.544. The lowest BCUT2D eigenvalue weighted by molar-refractivity contribution is 0.397. The average Bonchev–Trinajstić information content (AvgIpc) is 2.72. The summed E-state index contributed by atoms with van der Waals surface area (Å²) >= 11 is 0. The average molecular weight is 219 g/mol. The van der Waals surface area contributed by atoms with Crippen LogP contribution in [0.3, 0.4) is 0 Å². The molecule has 0 aliphatic carbocycles. The van der Waals surface area contributed by atoms with Gasteiger partial charge in [0.1, 0.15) is 12.1 Å². The monoisotopic (exact) mass is 219 g/mol. The van der Waals surface area contributed by atoms with Crippen LogP contribution < -0.4 is 10.1 Å². The van der Waals surface area contributed by atoms with Crippen molar-refractivity contribution in [2.24, 2.45) is 7.05 Å². The molecule has 0 aliphatic heterocycles. The van der Waals surface area contributed by atoms with Crippen LogP contribution in [-0.2, 0) is 13.6 Å². The Morgan fingerprint density at radius 2 is 2.31 bits per heavy atom. The third kappa shape index (κ3) is 2.28. The van der Waals surface area contributed by atoms with Gasteiger partial charge in [0.2, 0.25) is 5.88 Å². The second-order valence-corrected chi connectivity index (χ2v) is 3.25. The van der Waals surface area contributed by atoms with E-state index in [4.69, 9.17) is 4.74 Å². The molecular weight excluding hydrogens is 206 g/mol. The minimum absolute atomic E-state index is 0.544. The van der Waals surface area contributed by atoms with E-state index in [-0.39, 0.29) is 0 Å². The Morgan fingerprint density at radius 3 is 3.00 bits per heavy atom. The van der Waals surface area contributed by atoms with Crippen molar-refractivity contribution in [1.29, 1.82) is 0 Å². The first-order chi connectivity index (χ1) is 7.79. The molecule has 0 saturated heterocycles. The molecule has 6 heteroatoms. The van der Waals surface area contributed by atoms with Crippen LogP contribution in [0.4, 0.5) is 5.82 Å². The molecule has 0 spiro atoms. The number of methoxy groups -OCH3 is 1. The highest BCUT2D eigenvalue weighted by Crippen LogP contribution is 2.11. The van der Waals surface area contributed by atoms with Crippen LogP contribution in [0.15, 0.2) is 24.7 Å². The van der Waals surface area contributed by atoms with Gasteiger partial charge in [-0.15, -0.1) is 0 Å². The van der Waals surface area contributed by atoms with Gasteiger partial charge in [0.05, 0.1) is 19.3 Å². The van der Waals surface area contributed by atoms with Gasteiger partial charge >= 0.3 is 0 Å². The van der Waals surface area contributed by atoms with E-state index in [1.807, 2.05) is 17.8 Å². The Labute approximate surface area is 93.3 Å². The Bertz CT molecular complexity index is 468. The summed E-state index contributed by atoms with van der Waals surface area (Å²) in [5.74, 6) is 1.27. The van der Waals surface area contributed by atoms with Crippen molar-refractivity contribution in [3.63, 3.8) is 0 Å². The third-order valence-corrected chi connectivity index (χ3v) is 2.22. The van der Waals surface area contributed by atoms with E-state index >= 15 is 0 Å². The van der Waals surface area contributed by atoms with Crippen LogP contribution in [-0.4, -0.2) is 26.9 Å². The van der Waals surface area contributed by atoms with Gasteiger partial charge in [-0.3, -0.25) is 4.68 Å². The lowest BCUT2D eigenvalue weighted by Gasteiger charge is -2.06. The van der Waals surface area contributed by atoms with E-state index in [9.17, 15) is 0 Å². The van der Waals surface area contributed by atoms with Gasteiger partial charge in [-0.2, -0.15) is 5.10 Å². The Morgan fingerprint density at radius 1 is 1.44 bits per heavy atom. The molecular formula is C10H13N5O. The van der Waals surface area contributed by atoms with Gasteiger partial charge in [0.25, 0.3) is 0 Å². The number of hydrogen-bond acceptors (Lipinski definition) is 5. The van der Waals surface area contributed by atoms with E-state index in [0.717, 1.165) is 11.5 Å². The fourth-order valence-corrected chi connectivity index (χ4v) is 1.30. The molecule has 2 rings (SSSR count). The quantitative estimate of drug-likeness (QED) is 0.825. The van der Waals surface area contributed by atoms with Crippen LogP contribution in [0, 0.1) is 0 Å². The standard InChI is InChI=1S/C10H13N5O/c1-15-8(3-4-14-15)6-11-9-5-10(16-2)13-7-12-9/h3-5,7H,6H2,1-2H3,(H,11,12,13). The number of nitrogens with one attached hydrogen (secondary N) is 1. The first kappa shape index (κ1) is 10.4. The molecule has 2 aromatic heterocycles. The Hall–Kier alpha value is -2.11. The van der Waals surface area contributed by atoms with Crippen molar-refractivity contribution in [3.8, 4) is 5.88 Å². The molecule has 0 fully saturated rings. The molecule has 0 unspecified atom stereocenters. The van der Waals surface area contributed by atoms with Crippen molar-refractivity contribution in [2.75, 3.05) is 12.4 Å². The van der Waals surface area contributed by atoms with Crippen LogP contribution in [0.5, 0.6) is 5.88 Å². The summed E-state index contributed by atoms with van der Waals surface area (Å²) in [6.07, 6.45) is 3.22. The summed E-state index contributed by atoms with van der Waals surface area (Å²) in [6, 6.07) is 3.70. The van der Waals surface area contributed by atoms with Crippen LogP contribution in [0.25, 0.3) is 0 Å². The molecule has 0 aromatic carbocycles. The van der Waals surface area contributed by atoms with Crippen molar-refractivity contribution >= 4 is 5.82 Å². The van der Waals surface area contributed by atoms with E-state index in [0.29, 0.717) is 12.4 Å². The van der Waals surface area contributed by atoms with Crippen LogP contribution in [0.2, 0.25) is 0 Å². The normalized spacial score (nSPS) is 10.1. The summed E-state index contributed by atoms with van der Waals surface area (Å²) in [6.45, 7) is 0.663. The van der Waals surface area contributed by atoms with Gasteiger partial charge in [0, 0.05) is 19.3 Å². The van der Waals surface area contributed by atoms with Crippen LogP contribution >= 0.6 is 0 Å². The molecule has 0 atom stereocenters. The lowest BCUT2D eigenvalue weighted by atomic mass is 10.4. The number of hydrogen-bond donors (Lipinski definition) is 1. The zero-order valence-corrected chi connectivity index (χ0v) is 9.21. The zero-order valence-electron chi connectivity index (χ0n) is 9.21. The SMILES string of the molecule is COc1cc(NCc2ccnn2C)ncn1. The first-order valence-corrected chi connectivity index (χ1v) is 4.86. The van der Waals surface area contributed by atoms with Crippen molar-refractivity contribution in [1.82, 2.24) is 19.7 Å². The van der Waals surface area contributed by atoms with Gasteiger partial charge in [-0.1, -0.05) is 0 Å². The summed E-state index contributed by atoms with van der Waals surface area (Å²) in [5.41, 5.74) is 1.08. The highest BCUT2D eigenvalue weighted by Gasteiger charge is 2.00. The highest BCUT2D eigenvalue weighted by atomic mass is 16.5. The number of nitrogens with zero attached hydrogens (tertiary/aromatic N) is 4.